The van der Waals surface area contributed by atoms with Gasteiger partial charge in [0, 0.05) is 11.5 Å². The zero-order valence-corrected chi connectivity index (χ0v) is 9.97. The third kappa shape index (κ3) is 3.90. The lowest BCUT2D eigenvalue weighted by Crippen LogP contribution is -2.44. The van der Waals surface area contributed by atoms with Crippen molar-refractivity contribution in [3.63, 3.8) is 0 Å². The van der Waals surface area contributed by atoms with Gasteiger partial charge in [-0.1, -0.05) is 34.6 Å². The van der Waals surface area contributed by atoms with Crippen molar-refractivity contribution in [2.24, 2.45) is 11.3 Å². The molecule has 0 aliphatic carbocycles. The molecule has 1 amide bonds. The Morgan fingerprint density at radius 1 is 1.07 bits per heavy atom. The molecule has 0 aromatic heterocycles. The van der Waals surface area contributed by atoms with Gasteiger partial charge < -0.3 is 5.32 Å². The number of carbonyl (C=O) groups excluding carboxylic acids is 2. The van der Waals surface area contributed by atoms with E-state index in [1.807, 2.05) is 20.8 Å². The second-order valence-electron chi connectivity index (χ2n) is 5.09. The van der Waals surface area contributed by atoms with Crippen LogP contribution >= 0.6 is 0 Å². The van der Waals surface area contributed by atoms with Crippen LogP contribution in [0, 0.1) is 11.3 Å². The molecule has 0 rings (SSSR count). The molecule has 82 valence electrons. The summed E-state index contributed by atoms with van der Waals surface area (Å²) in [4.78, 5) is 23.0. The van der Waals surface area contributed by atoms with Crippen LogP contribution in [0.4, 0.5) is 0 Å². The van der Waals surface area contributed by atoms with Gasteiger partial charge in [0.25, 0.3) is 5.91 Å². The molecule has 0 aromatic carbocycles. The summed E-state index contributed by atoms with van der Waals surface area (Å²) in [5.41, 5.74) is -0.596. The van der Waals surface area contributed by atoms with Crippen LogP contribution in [0.1, 0.15) is 41.5 Å². The van der Waals surface area contributed by atoms with E-state index in [0.29, 0.717) is 5.92 Å². The molecular formula is C11H21NO2. The summed E-state index contributed by atoms with van der Waals surface area (Å²) in [6, 6.07) is 0.0359. The number of nitrogens with one attached hydrogen (secondary N) is 1. The minimum Gasteiger partial charge on any atom is -0.347 e. The molecule has 0 heterocycles. The summed E-state index contributed by atoms with van der Waals surface area (Å²) in [5.74, 6) is -0.490. The number of hydrogen-bond donors (Lipinski definition) is 1. The summed E-state index contributed by atoms with van der Waals surface area (Å²) >= 11 is 0. The normalized spacial score (nSPS) is 13.9. The zero-order valence-electron chi connectivity index (χ0n) is 9.97. The molecule has 3 heteroatoms. The van der Waals surface area contributed by atoms with Crippen LogP contribution in [0.3, 0.4) is 0 Å². The number of carbonyl (C=O) groups is 2. The lowest BCUT2D eigenvalue weighted by Gasteiger charge is -2.20. The van der Waals surface area contributed by atoms with Gasteiger partial charge in [-0.3, -0.25) is 9.59 Å². The Morgan fingerprint density at radius 3 is 1.79 bits per heavy atom. The predicted molar refractivity (Wildman–Crippen MR) is 56.9 cm³/mol. The van der Waals surface area contributed by atoms with Gasteiger partial charge in [0.15, 0.2) is 0 Å². The van der Waals surface area contributed by atoms with Gasteiger partial charge in [0.1, 0.15) is 0 Å². The Labute approximate surface area is 86.3 Å². The second-order valence-corrected chi connectivity index (χ2v) is 5.09. The van der Waals surface area contributed by atoms with Gasteiger partial charge in [0.2, 0.25) is 5.78 Å². The SMILES string of the molecule is CC(C)C(C)NC(=O)C(=O)C(C)(C)C. The molecule has 0 aromatic rings. The highest BCUT2D eigenvalue weighted by Gasteiger charge is 2.29. The van der Waals surface area contributed by atoms with Crippen LogP contribution in [0.5, 0.6) is 0 Å². The largest absolute Gasteiger partial charge is 0.347 e. The maximum absolute atomic E-state index is 11.5. The summed E-state index contributed by atoms with van der Waals surface area (Å²) < 4.78 is 0. The highest BCUT2D eigenvalue weighted by atomic mass is 16.2. The number of amides is 1. The van der Waals surface area contributed by atoms with Crippen LogP contribution in [-0.2, 0) is 9.59 Å². The van der Waals surface area contributed by atoms with E-state index >= 15 is 0 Å². The summed E-state index contributed by atoms with van der Waals surface area (Å²) in [6.07, 6.45) is 0. The minimum absolute atomic E-state index is 0.0359. The number of ketones is 1. The van der Waals surface area contributed by atoms with Crippen LogP contribution in [-0.4, -0.2) is 17.7 Å². The maximum Gasteiger partial charge on any atom is 0.288 e. The molecule has 0 fully saturated rings. The van der Waals surface area contributed by atoms with E-state index in [9.17, 15) is 9.59 Å². The van der Waals surface area contributed by atoms with Gasteiger partial charge in [-0.2, -0.15) is 0 Å². The van der Waals surface area contributed by atoms with E-state index < -0.39 is 11.3 Å². The van der Waals surface area contributed by atoms with Crippen LogP contribution in [0.15, 0.2) is 0 Å². The molecule has 3 nitrogen and oxygen atoms in total. The van der Waals surface area contributed by atoms with E-state index in [0.717, 1.165) is 0 Å². The lowest BCUT2D eigenvalue weighted by molar-refractivity contribution is -0.142. The highest BCUT2D eigenvalue weighted by Crippen LogP contribution is 2.14. The Morgan fingerprint density at radius 2 is 1.50 bits per heavy atom. The average molecular weight is 199 g/mol. The van der Waals surface area contributed by atoms with Gasteiger partial charge in [0.05, 0.1) is 0 Å². The fourth-order valence-corrected chi connectivity index (χ4v) is 0.780. The van der Waals surface area contributed by atoms with Crippen molar-refractivity contribution in [2.75, 3.05) is 0 Å². The summed E-state index contributed by atoms with van der Waals surface area (Å²) in [7, 11) is 0. The molecule has 0 aliphatic heterocycles. The molecule has 1 unspecified atom stereocenters. The van der Waals surface area contributed by atoms with Crippen molar-refractivity contribution in [3.05, 3.63) is 0 Å². The first-order valence-electron chi connectivity index (χ1n) is 5.01. The van der Waals surface area contributed by atoms with Crippen molar-refractivity contribution >= 4 is 11.7 Å². The van der Waals surface area contributed by atoms with Crippen molar-refractivity contribution in [1.82, 2.24) is 5.32 Å². The molecule has 0 saturated heterocycles. The van der Waals surface area contributed by atoms with Crippen molar-refractivity contribution in [1.29, 1.82) is 0 Å². The second kappa shape index (κ2) is 4.58. The fourth-order valence-electron chi connectivity index (χ4n) is 0.780. The average Bonchev–Trinajstić information content (AvgIpc) is 2.00. The standard InChI is InChI=1S/C11H21NO2/c1-7(2)8(3)12-10(14)9(13)11(4,5)6/h7-8H,1-6H3,(H,12,14). The Bertz CT molecular complexity index is 226. The molecule has 0 aliphatic rings. The molecule has 0 radical (unpaired) electrons. The van der Waals surface area contributed by atoms with E-state index in [4.69, 9.17) is 0 Å². The first-order chi connectivity index (χ1) is 6.16. The zero-order chi connectivity index (χ0) is 11.5. The smallest absolute Gasteiger partial charge is 0.288 e. The lowest BCUT2D eigenvalue weighted by atomic mass is 9.90. The van der Waals surface area contributed by atoms with E-state index in [1.165, 1.54) is 0 Å². The predicted octanol–water partition coefficient (Wildman–Crippen LogP) is 1.76. The van der Waals surface area contributed by atoms with Crippen molar-refractivity contribution in [3.8, 4) is 0 Å². The first kappa shape index (κ1) is 13.1. The van der Waals surface area contributed by atoms with Gasteiger partial charge >= 0.3 is 0 Å². The molecule has 0 bridgehead atoms. The van der Waals surface area contributed by atoms with Crippen LogP contribution in [0.25, 0.3) is 0 Å². The molecule has 1 N–H and O–H groups in total. The first-order valence-corrected chi connectivity index (χ1v) is 5.01. The van der Waals surface area contributed by atoms with Gasteiger partial charge in [-0.25, -0.2) is 0 Å². The van der Waals surface area contributed by atoms with Crippen LogP contribution in [0.2, 0.25) is 0 Å². The molecule has 1 atom stereocenters. The molecule has 14 heavy (non-hydrogen) atoms. The molecule has 0 spiro atoms. The molecular weight excluding hydrogens is 178 g/mol. The summed E-state index contributed by atoms with van der Waals surface area (Å²) in [5, 5.41) is 2.70. The van der Waals surface area contributed by atoms with E-state index in [2.05, 4.69) is 5.32 Å². The minimum atomic E-state index is -0.596. The monoisotopic (exact) mass is 199 g/mol. The van der Waals surface area contributed by atoms with Crippen molar-refractivity contribution < 1.29 is 9.59 Å². The Balaban J connectivity index is 4.31. The number of hydrogen-bond acceptors (Lipinski definition) is 2. The van der Waals surface area contributed by atoms with Gasteiger partial charge in [-0.15, -0.1) is 0 Å². The Hall–Kier alpha value is -0.860. The highest BCUT2D eigenvalue weighted by molar-refractivity contribution is 6.37. The number of Topliss-reactive ketones (excluding diaryl/α,β-unsaturated/α-hetero) is 1. The third-order valence-electron chi connectivity index (χ3n) is 2.25. The quantitative estimate of drug-likeness (QED) is 0.704. The topological polar surface area (TPSA) is 46.2 Å². The van der Waals surface area contributed by atoms with Gasteiger partial charge in [-0.05, 0) is 12.8 Å². The summed E-state index contributed by atoms with van der Waals surface area (Å²) in [6.45, 7) is 11.1. The van der Waals surface area contributed by atoms with Crippen molar-refractivity contribution in [2.45, 2.75) is 47.6 Å². The third-order valence-corrected chi connectivity index (χ3v) is 2.25. The van der Waals surface area contributed by atoms with E-state index in [-0.39, 0.29) is 11.8 Å². The number of rotatable bonds is 3. The molecule has 0 saturated carbocycles. The Kier molecular flexibility index (Phi) is 4.30. The fraction of sp³-hybridized carbons (Fsp3) is 0.818. The van der Waals surface area contributed by atoms with E-state index in [1.54, 1.807) is 20.8 Å². The van der Waals surface area contributed by atoms with Crippen LogP contribution < -0.4 is 5.32 Å². The maximum atomic E-state index is 11.5.